The summed E-state index contributed by atoms with van der Waals surface area (Å²) in [6.07, 6.45) is 0.799. The van der Waals surface area contributed by atoms with Gasteiger partial charge in [-0.25, -0.2) is 0 Å². The number of piperidine rings is 1. The molecular formula is C15H24N2O2. The van der Waals surface area contributed by atoms with E-state index in [1.165, 1.54) is 11.3 Å². The van der Waals surface area contributed by atoms with E-state index in [2.05, 4.69) is 24.0 Å². The Balaban J connectivity index is 0.000000861. The fourth-order valence-electron chi connectivity index (χ4n) is 2.28. The maximum atomic E-state index is 11.1. The second-order valence-corrected chi connectivity index (χ2v) is 4.67. The average Bonchev–Trinajstić information content (AvgIpc) is 2.43. The normalized spacial score (nSPS) is 17.4. The van der Waals surface area contributed by atoms with Crippen molar-refractivity contribution in [3.8, 4) is 0 Å². The smallest absolute Gasteiger partial charge is 0.249 e. The van der Waals surface area contributed by atoms with Gasteiger partial charge in [0.25, 0.3) is 0 Å². The highest BCUT2D eigenvalue weighted by atomic mass is 16.3. The molecule has 0 unspecified atom stereocenters. The monoisotopic (exact) mass is 264 g/mol. The second-order valence-electron chi connectivity index (χ2n) is 4.67. The molecule has 1 saturated heterocycles. The van der Waals surface area contributed by atoms with E-state index in [1.807, 2.05) is 26.0 Å². The topological polar surface area (TPSA) is 66.6 Å². The number of aryl methyl sites for hydroxylation is 1. The van der Waals surface area contributed by atoms with Gasteiger partial charge in [-0.15, -0.1) is 0 Å². The van der Waals surface area contributed by atoms with Crippen LogP contribution in [0.5, 0.6) is 0 Å². The Kier molecular flexibility index (Phi) is 5.36. The van der Waals surface area contributed by atoms with Crippen molar-refractivity contribution in [2.24, 2.45) is 5.73 Å². The van der Waals surface area contributed by atoms with Crippen molar-refractivity contribution in [3.63, 3.8) is 0 Å². The molecule has 0 saturated carbocycles. The van der Waals surface area contributed by atoms with Crippen molar-refractivity contribution in [2.45, 2.75) is 39.2 Å². The van der Waals surface area contributed by atoms with Crippen LogP contribution in [0.25, 0.3) is 0 Å². The summed E-state index contributed by atoms with van der Waals surface area (Å²) in [5, 5.41) is 9.98. The maximum Gasteiger partial charge on any atom is 0.249 e. The van der Waals surface area contributed by atoms with E-state index in [0.29, 0.717) is 25.9 Å². The minimum absolute atomic E-state index is 0.399. The van der Waals surface area contributed by atoms with E-state index >= 15 is 0 Å². The van der Waals surface area contributed by atoms with E-state index in [-0.39, 0.29) is 0 Å². The van der Waals surface area contributed by atoms with Gasteiger partial charge in [-0.2, -0.15) is 0 Å². The van der Waals surface area contributed by atoms with Crippen LogP contribution in [0, 0.1) is 6.92 Å². The van der Waals surface area contributed by atoms with Crippen molar-refractivity contribution in [1.29, 1.82) is 0 Å². The Morgan fingerprint density at radius 1 is 1.26 bits per heavy atom. The molecule has 0 aromatic heterocycles. The fourth-order valence-corrected chi connectivity index (χ4v) is 2.28. The number of para-hydroxylation sites is 1. The molecule has 106 valence electrons. The summed E-state index contributed by atoms with van der Waals surface area (Å²) in [4.78, 5) is 13.3. The van der Waals surface area contributed by atoms with Crippen LogP contribution in [0.4, 0.5) is 5.69 Å². The van der Waals surface area contributed by atoms with Crippen LogP contribution in [0.15, 0.2) is 24.3 Å². The summed E-state index contributed by atoms with van der Waals surface area (Å²) in [6, 6.07) is 8.12. The highest BCUT2D eigenvalue weighted by molar-refractivity contribution is 5.83. The Labute approximate surface area is 115 Å². The minimum atomic E-state index is -1.32. The number of hydrogen-bond donors (Lipinski definition) is 2. The van der Waals surface area contributed by atoms with Gasteiger partial charge in [0, 0.05) is 31.6 Å². The third kappa shape index (κ3) is 3.47. The summed E-state index contributed by atoms with van der Waals surface area (Å²) < 4.78 is 0. The number of primary amides is 1. The van der Waals surface area contributed by atoms with Crippen molar-refractivity contribution >= 4 is 11.6 Å². The molecule has 2 rings (SSSR count). The molecule has 3 N–H and O–H groups in total. The lowest BCUT2D eigenvalue weighted by Crippen LogP contribution is -2.52. The van der Waals surface area contributed by atoms with Crippen LogP contribution >= 0.6 is 0 Å². The lowest BCUT2D eigenvalue weighted by molar-refractivity contribution is -0.138. The zero-order valence-corrected chi connectivity index (χ0v) is 12.0. The number of hydrogen-bond acceptors (Lipinski definition) is 3. The summed E-state index contributed by atoms with van der Waals surface area (Å²) in [7, 11) is 0. The molecule has 0 spiro atoms. The lowest BCUT2D eigenvalue weighted by atomic mass is 9.90. The molecule has 0 aliphatic carbocycles. The molecule has 4 nitrogen and oxygen atoms in total. The quantitative estimate of drug-likeness (QED) is 0.856. The van der Waals surface area contributed by atoms with Gasteiger partial charge in [-0.1, -0.05) is 32.0 Å². The molecule has 0 atom stereocenters. The summed E-state index contributed by atoms with van der Waals surface area (Å²) in [5.74, 6) is -0.609. The highest BCUT2D eigenvalue weighted by Gasteiger charge is 2.37. The fraction of sp³-hybridized carbons (Fsp3) is 0.533. The Morgan fingerprint density at radius 3 is 2.26 bits per heavy atom. The summed E-state index contributed by atoms with van der Waals surface area (Å²) in [5.41, 5.74) is 6.26. The predicted octanol–water partition coefficient (Wildman–Crippen LogP) is 1.84. The first-order valence-corrected chi connectivity index (χ1v) is 6.86. The van der Waals surface area contributed by atoms with Crippen molar-refractivity contribution in [3.05, 3.63) is 29.8 Å². The Bertz CT molecular complexity index is 424. The van der Waals surface area contributed by atoms with Crippen molar-refractivity contribution in [2.75, 3.05) is 18.0 Å². The summed E-state index contributed by atoms with van der Waals surface area (Å²) in [6.45, 7) is 7.37. The first kappa shape index (κ1) is 15.5. The van der Waals surface area contributed by atoms with Crippen LogP contribution in [0.2, 0.25) is 0 Å². The van der Waals surface area contributed by atoms with Crippen LogP contribution in [0.1, 0.15) is 32.3 Å². The average molecular weight is 264 g/mol. The third-order valence-corrected chi connectivity index (χ3v) is 3.51. The molecule has 1 heterocycles. The zero-order valence-electron chi connectivity index (χ0n) is 12.0. The van der Waals surface area contributed by atoms with Gasteiger partial charge in [0.1, 0.15) is 5.60 Å². The van der Waals surface area contributed by atoms with Gasteiger partial charge < -0.3 is 15.7 Å². The highest BCUT2D eigenvalue weighted by Crippen LogP contribution is 2.27. The number of benzene rings is 1. The number of nitrogens with zero attached hydrogens (tertiary/aromatic N) is 1. The standard InChI is InChI=1S/C13H18N2O2.C2H6/c1-10-4-2-3-5-11(10)15-8-6-13(17,7-9-15)12(14)16;1-2/h2-5,17H,6-9H2,1H3,(H2,14,16);1-2H3. The Morgan fingerprint density at radius 2 is 1.79 bits per heavy atom. The van der Waals surface area contributed by atoms with Gasteiger partial charge in [0.05, 0.1) is 0 Å². The third-order valence-electron chi connectivity index (χ3n) is 3.51. The van der Waals surface area contributed by atoms with Gasteiger partial charge in [-0.05, 0) is 18.6 Å². The number of carbonyl (C=O) groups is 1. The molecule has 1 amide bonds. The molecule has 1 fully saturated rings. The second kappa shape index (κ2) is 6.57. The first-order chi connectivity index (χ1) is 9.03. The van der Waals surface area contributed by atoms with E-state index < -0.39 is 11.5 Å². The molecule has 19 heavy (non-hydrogen) atoms. The molecule has 0 bridgehead atoms. The van der Waals surface area contributed by atoms with Crippen LogP contribution in [-0.2, 0) is 4.79 Å². The van der Waals surface area contributed by atoms with E-state index in [9.17, 15) is 9.90 Å². The number of carbonyl (C=O) groups excluding carboxylic acids is 1. The number of amides is 1. The Hall–Kier alpha value is -1.55. The van der Waals surface area contributed by atoms with E-state index in [0.717, 1.165) is 0 Å². The molecule has 1 aromatic carbocycles. The summed E-state index contributed by atoms with van der Waals surface area (Å²) >= 11 is 0. The molecule has 1 aromatic rings. The van der Waals surface area contributed by atoms with E-state index in [1.54, 1.807) is 0 Å². The number of nitrogens with two attached hydrogens (primary N) is 1. The van der Waals surface area contributed by atoms with Gasteiger partial charge in [-0.3, -0.25) is 4.79 Å². The van der Waals surface area contributed by atoms with Crippen molar-refractivity contribution in [1.82, 2.24) is 0 Å². The van der Waals surface area contributed by atoms with Gasteiger partial charge in [0.15, 0.2) is 0 Å². The number of rotatable bonds is 2. The molecule has 1 aliphatic heterocycles. The van der Waals surface area contributed by atoms with Crippen LogP contribution in [-0.4, -0.2) is 29.7 Å². The molecular weight excluding hydrogens is 240 g/mol. The number of anilines is 1. The first-order valence-electron chi connectivity index (χ1n) is 6.86. The lowest BCUT2D eigenvalue weighted by Gasteiger charge is -2.37. The predicted molar refractivity (Wildman–Crippen MR) is 78.1 cm³/mol. The van der Waals surface area contributed by atoms with E-state index in [4.69, 9.17) is 5.73 Å². The van der Waals surface area contributed by atoms with Crippen molar-refractivity contribution < 1.29 is 9.90 Å². The minimum Gasteiger partial charge on any atom is -0.380 e. The van der Waals surface area contributed by atoms with Crippen LogP contribution < -0.4 is 10.6 Å². The maximum absolute atomic E-state index is 11.1. The largest absolute Gasteiger partial charge is 0.380 e. The zero-order chi connectivity index (χ0) is 14.5. The van der Waals surface area contributed by atoms with Gasteiger partial charge >= 0.3 is 0 Å². The molecule has 0 radical (unpaired) electrons. The van der Waals surface area contributed by atoms with Gasteiger partial charge in [0.2, 0.25) is 5.91 Å². The number of aliphatic hydroxyl groups is 1. The molecule has 4 heteroatoms. The SMILES string of the molecule is CC.Cc1ccccc1N1CCC(O)(C(N)=O)CC1. The van der Waals surface area contributed by atoms with Crippen LogP contribution in [0.3, 0.4) is 0 Å². The molecule has 1 aliphatic rings.